The van der Waals surface area contributed by atoms with Gasteiger partial charge in [0.2, 0.25) is 0 Å². The topological polar surface area (TPSA) is 70.2 Å². The number of rotatable bonds is 4. The number of anilines is 3. The highest BCUT2D eigenvalue weighted by Crippen LogP contribution is 2.37. The zero-order chi connectivity index (χ0) is 21.4. The average molecular weight is 418 g/mol. The van der Waals surface area contributed by atoms with Crippen molar-refractivity contribution in [3.05, 3.63) is 60.7 Å². The Morgan fingerprint density at radius 2 is 2.00 bits per heavy atom. The van der Waals surface area contributed by atoms with Crippen LogP contribution in [0.15, 0.2) is 54.9 Å². The Bertz CT molecular complexity index is 1190. The molecule has 5 rings (SSSR count). The molecular weight excluding hydrogens is 395 g/mol. The van der Waals surface area contributed by atoms with Crippen molar-refractivity contribution in [3.8, 4) is 11.4 Å². The molecule has 0 saturated carbocycles. The minimum absolute atomic E-state index is 0.204. The molecule has 1 saturated heterocycles. The van der Waals surface area contributed by atoms with E-state index in [0.717, 1.165) is 46.0 Å². The van der Waals surface area contributed by atoms with Gasteiger partial charge in [0.15, 0.2) is 0 Å². The van der Waals surface area contributed by atoms with Crippen LogP contribution in [-0.2, 0) is 4.74 Å². The van der Waals surface area contributed by atoms with Gasteiger partial charge in [0.1, 0.15) is 22.8 Å². The quantitative estimate of drug-likeness (QED) is 0.537. The molecule has 8 heteroatoms. The van der Waals surface area contributed by atoms with E-state index in [1.54, 1.807) is 24.5 Å². The first kappa shape index (κ1) is 19.4. The van der Waals surface area contributed by atoms with Crippen molar-refractivity contribution >= 4 is 28.1 Å². The number of H-pyrrole nitrogens is 1. The van der Waals surface area contributed by atoms with E-state index in [1.807, 2.05) is 19.2 Å². The zero-order valence-electron chi connectivity index (χ0n) is 17.4. The summed E-state index contributed by atoms with van der Waals surface area (Å²) in [5.41, 5.74) is 4.18. The number of aromatic nitrogens is 4. The van der Waals surface area contributed by atoms with Crippen LogP contribution in [0.4, 0.5) is 21.6 Å². The van der Waals surface area contributed by atoms with Gasteiger partial charge in [-0.05, 0) is 43.3 Å². The molecule has 0 aliphatic carbocycles. The first-order valence-corrected chi connectivity index (χ1v) is 10.2. The summed E-state index contributed by atoms with van der Waals surface area (Å²) in [5.74, 6) is 0.603. The molecule has 7 nitrogen and oxygen atoms in total. The van der Waals surface area contributed by atoms with Crippen molar-refractivity contribution in [1.82, 2.24) is 20.2 Å². The largest absolute Gasteiger partial charge is 0.377 e. The highest BCUT2D eigenvalue weighted by molar-refractivity contribution is 6.01. The monoisotopic (exact) mass is 418 g/mol. The first-order chi connectivity index (χ1) is 15.1. The minimum Gasteiger partial charge on any atom is -0.377 e. The zero-order valence-corrected chi connectivity index (χ0v) is 17.4. The van der Waals surface area contributed by atoms with Crippen LogP contribution in [0.3, 0.4) is 0 Å². The van der Waals surface area contributed by atoms with Crippen LogP contribution in [0, 0.1) is 5.82 Å². The van der Waals surface area contributed by atoms with E-state index in [0.29, 0.717) is 13.2 Å². The third kappa shape index (κ3) is 3.59. The van der Waals surface area contributed by atoms with Gasteiger partial charge in [-0.1, -0.05) is 0 Å². The second-order valence-electron chi connectivity index (χ2n) is 7.68. The number of hydrogen-bond acceptors (Lipinski definition) is 6. The highest BCUT2D eigenvalue weighted by Gasteiger charge is 2.23. The molecule has 158 valence electrons. The van der Waals surface area contributed by atoms with Crippen molar-refractivity contribution in [2.45, 2.75) is 13.0 Å². The smallest absolute Gasteiger partial charge is 0.131 e. The number of hydrogen-bond donors (Lipinski definition) is 1. The number of pyridine rings is 2. The second kappa shape index (κ2) is 7.96. The van der Waals surface area contributed by atoms with Crippen LogP contribution in [0.1, 0.15) is 6.92 Å². The molecule has 1 aromatic carbocycles. The normalized spacial score (nSPS) is 16.6. The molecule has 31 heavy (non-hydrogen) atoms. The fraction of sp³-hybridized carbons (Fsp3) is 0.261. The second-order valence-corrected chi connectivity index (χ2v) is 7.68. The third-order valence-electron chi connectivity index (χ3n) is 5.69. The van der Waals surface area contributed by atoms with Crippen LogP contribution in [0.2, 0.25) is 0 Å². The Labute approximate surface area is 179 Å². The summed E-state index contributed by atoms with van der Waals surface area (Å²) in [4.78, 5) is 13.9. The molecule has 1 aliphatic rings. The molecule has 0 amide bonds. The van der Waals surface area contributed by atoms with Gasteiger partial charge in [-0.15, -0.1) is 0 Å². The lowest BCUT2D eigenvalue weighted by Crippen LogP contribution is -2.44. The van der Waals surface area contributed by atoms with E-state index in [4.69, 9.17) is 9.72 Å². The Hall–Kier alpha value is -3.52. The van der Waals surface area contributed by atoms with Crippen molar-refractivity contribution < 1.29 is 9.13 Å². The fourth-order valence-electron chi connectivity index (χ4n) is 4.00. The number of fused-ring (bicyclic) bond motifs is 1. The van der Waals surface area contributed by atoms with Gasteiger partial charge in [0.25, 0.3) is 0 Å². The number of aromatic amines is 1. The van der Waals surface area contributed by atoms with Gasteiger partial charge < -0.3 is 14.5 Å². The summed E-state index contributed by atoms with van der Waals surface area (Å²) in [6.45, 7) is 4.21. The van der Waals surface area contributed by atoms with Crippen LogP contribution < -0.4 is 9.80 Å². The van der Waals surface area contributed by atoms with Crippen molar-refractivity contribution in [3.63, 3.8) is 0 Å². The van der Waals surface area contributed by atoms with E-state index in [-0.39, 0.29) is 11.9 Å². The summed E-state index contributed by atoms with van der Waals surface area (Å²) in [5, 5.41) is 8.03. The molecule has 1 atom stereocenters. The lowest BCUT2D eigenvalue weighted by molar-refractivity contribution is 0.0986. The third-order valence-corrected chi connectivity index (χ3v) is 5.69. The van der Waals surface area contributed by atoms with Gasteiger partial charge in [0, 0.05) is 43.1 Å². The molecule has 1 aliphatic heterocycles. The van der Waals surface area contributed by atoms with E-state index >= 15 is 0 Å². The van der Waals surface area contributed by atoms with Crippen LogP contribution in [0.5, 0.6) is 0 Å². The molecule has 4 aromatic rings. The Kier molecular flexibility index (Phi) is 4.99. The molecule has 0 bridgehead atoms. The highest BCUT2D eigenvalue weighted by atomic mass is 19.1. The summed E-state index contributed by atoms with van der Waals surface area (Å²) in [6, 6.07) is 12.6. The van der Waals surface area contributed by atoms with E-state index in [1.165, 1.54) is 12.1 Å². The van der Waals surface area contributed by atoms with E-state index in [9.17, 15) is 4.39 Å². The average Bonchev–Trinajstić information content (AvgIpc) is 3.33. The SMILES string of the molecule is CC1COCCN1c1cc(N(C)c2ccc(F)cc2)c2ccnc(-c3ccn[nH]3)c2n1. The standard InChI is InChI=1S/C23H23FN6O/c1-15-14-31-12-11-30(15)21-13-20(29(2)17-5-3-16(24)4-6-17)18-7-9-25-23(22(18)27-21)19-8-10-26-28-19/h3-10,13,15H,11-12,14H2,1-2H3,(H,26,28). The maximum absolute atomic E-state index is 13.5. The lowest BCUT2D eigenvalue weighted by Gasteiger charge is -2.35. The van der Waals surface area contributed by atoms with Gasteiger partial charge in [0.05, 0.1) is 30.6 Å². The number of nitrogens with one attached hydrogen (secondary N) is 1. The molecular formula is C23H23FN6O. The van der Waals surface area contributed by atoms with Gasteiger partial charge >= 0.3 is 0 Å². The first-order valence-electron chi connectivity index (χ1n) is 10.2. The molecule has 1 fully saturated rings. The summed E-state index contributed by atoms with van der Waals surface area (Å²) in [7, 11) is 1.98. The number of benzene rings is 1. The predicted molar refractivity (Wildman–Crippen MR) is 119 cm³/mol. The Balaban J connectivity index is 1.72. The molecule has 1 N–H and O–H groups in total. The minimum atomic E-state index is -0.259. The summed E-state index contributed by atoms with van der Waals surface area (Å²) in [6.07, 6.45) is 3.48. The summed E-state index contributed by atoms with van der Waals surface area (Å²) >= 11 is 0. The molecule has 1 unspecified atom stereocenters. The van der Waals surface area contributed by atoms with Crippen molar-refractivity contribution in [2.75, 3.05) is 36.6 Å². The van der Waals surface area contributed by atoms with Gasteiger partial charge in [-0.3, -0.25) is 10.1 Å². The molecule has 0 spiro atoms. The van der Waals surface area contributed by atoms with E-state index in [2.05, 4.69) is 38.0 Å². The number of nitrogens with zero attached hydrogens (tertiary/aromatic N) is 5. The molecule has 4 heterocycles. The van der Waals surface area contributed by atoms with Gasteiger partial charge in [-0.2, -0.15) is 5.10 Å². The van der Waals surface area contributed by atoms with Crippen molar-refractivity contribution in [2.24, 2.45) is 0 Å². The molecule has 3 aromatic heterocycles. The number of halogens is 1. The maximum atomic E-state index is 13.5. The van der Waals surface area contributed by atoms with Gasteiger partial charge in [-0.25, -0.2) is 9.37 Å². The van der Waals surface area contributed by atoms with Crippen LogP contribution >= 0.6 is 0 Å². The Morgan fingerprint density at radius 3 is 2.74 bits per heavy atom. The van der Waals surface area contributed by atoms with E-state index < -0.39 is 0 Å². The fourth-order valence-corrected chi connectivity index (χ4v) is 4.00. The maximum Gasteiger partial charge on any atom is 0.131 e. The lowest BCUT2D eigenvalue weighted by atomic mass is 10.1. The number of ether oxygens (including phenoxy) is 1. The summed E-state index contributed by atoms with van der Waals surface area (Å²) < 4.78 is 19.1. The van der Waals surface area contributed by atoms with Crippen LogP contribution in [-0.4, -0.2) is 53.0 Å². The van der Waals surface area contributed by atoms with Crippen LogP contribution in [0.25, 0.3) is 22.3 Å². The molecule has 0 radical (unpaired) electrons. The van der Waals surface area contributed by atoms with Crippen molar-refractivity contribution in [1.29, 1.82) is 0 Å². The predicted octanol–water partition coefficient (Wildman–Crippen LogP) is 4.15. The number of morpholine rings is 1. The Morgan fingerprint density at radius 1 is 1.16 bits per heavy atom.